The first-order chi connectivity index (χ1) is 9.28. The Kier molecular flexibility index (Phi) is 5.15. The zero-order valence-corrected chi connectivity index (χ0v) is 11.7. The molecule has 0 aliphatic carbocycles. The molecule has 1 aliphatic rings. The Hall–Kier alpha value is -1.62. The molecule has 1 aliphatic heterocycles. The molecule has 0 radical (unpaired) electrons. The number of anilines is 1. The zero-order valence-electron chi connectivity index (χ0n) is 11.7. The molecule has 2 N–H and O–H groups in total. The van der Waals surface area contributed by atoms with Crippen molar-refractivity contribution < 1.29 is 4.74 Å². The molecule has 104 valence electrons. The molecule has 2 heterocycles. The lowest BCUT2D eigenvalue weighted by Gasteiger charge is -2.14. The number of nitrogens with zero attached hydrogens (tertiary/aromatic N) is 2. The Labute approximate surface area is 114 Å². The molecule has 0 bridgehead atoms. The van der Waals surface area contributed by atoms with Crippen molar-refractivity contribution in [3.8, 4) is 5.88 Å². The summed E-state index contributed by atoms with van der Waals surface area (Å²) in [6.07, 6.45) is 4.49. The van der Waals surface area contributed by atoms with Crippen molar-refractivity contribution in [3.05, 3.63) is 23.5 Å². The van der Waals surface area contributed by atoms with Crippen molar-refractivity contribution in [2.24, 2.45) is 0 Å². The monoisotopic (exact) mass is 262 g/mol. The van der Waals surface area contributed by atoms with E-state index in [0.29, 0.717) is 12.5 Å². The standard InChI is InChI=1S/C14H22N4O/c1-3-19-14-10-13(17-11(2)18-14)16-9-6-12-4-7-15-8-5-12/h4,10,15H,3,5-9H2,1-2H3,(H,16,17,18). The lowest BCUT2D eigenvalue weighted by atomic mass is 10.1. The topological polar surface area (TPSA) is 59.1 Å². The van der Waals surface area contributed by atoms with Gasteiger partial charge in [0, 0.05) is 19.2 Å². The predicted molar refractivity (Wildman–Crippen MR) is 76.6 cm³/mol. The number of aryl methyl sites for hydroxylation is 1. The number of ether oxygens (including phenoxy) is 1. The minimum atomic E-state index is 0.621. The van der Waals surface area contributed by atoms with Gasteiger partial charge in [0.05, 0.1) is 6.61 Å². The number of nitrogens with one attached hydrogen (secondary N) is 2. The molecule has 0 saturated carbocycles. The predicted octanol–water partition coefficient (Wildman–Crippen LogP) is 1.91. The van der Waals surface area contributed by atoms with Crippen molar-refractivity contribution in [3.63, 3.8) is 0 Å². The molecule has 0 spiro atoms. The van der Waals surface area contributed by atoms with E-state index in [-0.39, 0.29) is 0 Å². The maximum atomic E-state index is 5.41. The van der Waals surface area contributed by atoms with Crippen molar-refractivity contribution in [1.29, 1.82) is 0 Å². The van der Waals surface area contributed by atoms with Crippen LogP contribution in [0.3, 0.4) is 0 Å². The molecule has 5 nitrogen and oxygen atoms in total. The van der Waals surface area contributed by atoms with Crippen LogP contribution >= 0.6 is 0 Å². The van der Waals surface area contributed by atoms with Gasteiger partial charge < -0.3 is 15.4 Å². The van der Waals surface area contributed by atoms with Crippen LogP contribution in [0.5, 0.6) is 5.88 Å². The third kappa shape index (κ3) is 4.52. The number of aromatic nitrogens is 2. The normalized spacial score (nSPS) is 14.9. The summed E-state index contributed by atoms with van der Waals surface area (Å²) < 4.78 is 5.41. The van der Waals surface area contributed by atoms with Crippen molar-refractivity contribution >= 4 is 5.82 Å². The fourth-order valence-corrected chi connectivity index (χ4v) is 2.10. The van der Waals surface area contributed by atoms with Crippen molar-refractivity contribution in [2.45, 2.75) is 26.7 Å². The van der Waals surface area contributed by atoms with Crippen molar-refractivity contribution in [2.75, 3.05) is 31.6 Å². The van der Waals surface area contributed by atoms with Gasteiger partial charge in [-0.15, -0.1) is 0 Å². The summed E-state index contributed by atoms with van der Waals surface area (Å²) >= 11 is 0. The third-order valence-corrected chi connectivity index (χ3v) is 3.02. The Bertz CT molecular complexity index is 445. The molecule has 0 atom stereocenters. The maximum Gasteiger partial charge on any atom is 0.218 e. The molecule has 0 aromatic carbocycles. The first-order valence-corrected chi connectivity index (χ1v) is 6.89. The van der Waals surface area contributed by atoms with Gasteiger partial charge in [-0.2, -0.15) is 4.98 Å². The lowest BCUT2D eigenvalue weighted by molar-refractivity contribution is 0.325. The van der Waals surface area contributed by atoms with Gasteiger partial charge in [0.25, 0.3) is 0 Å². The van der Waals surface area contributed by atoms with Gasteiger partial charge in [0.15, 0.2) is 0 Å². The van der Waals surface area contributed by atoms with E-state index in [2.05, 4.69) is 26.7 Å². The van der Waals surface area contributed by atoms with Gasteiger partial charge in [0.1, 0.15) is 11.6 Å². The highest BCUT2D eigenvalue weighted by Gasteiger charge is 2.04. The summed E-state index contributed by atoms with van der Waals surface area (Å²) in [6.45, 7) is 7.43. The summed E-state index contributed by atoms with van der Waals surface area (Å²) in [4.78, 5) is 8.59. The molecular formula is C14H22N4O. The van der Waals surface area contributed by atoms with E-state index in [9.17, 15) is 0 Å². The fourth-order valence-electron chi connectivity index (χ4n) is 2.10. The van der Waals surface area contributed by atoms with E-state index < -0.39 is 0 Å². The Morgan fingerprint density at radius 2 is 2.32 bits per heavy atom. The van der Waals surface area contributed by atoms with Crippen LogP contribution in [-0.4, -0.2) is 36.2 Å². The lowest BCUT2D eigenvalue weighted by Crippen LogP contribution is -2.21. The Balaban J connectivity index is 1.86. The summed E-state index contributed by atoms with van der Waals surface area (Å²) in [5.41, 5.74) is 1.52. The Morgan fingerprint density at radius 1 is 1.42 bits per heavy atom. The highest BCUT2D eigenvalue weighted by molar-refractivity contribution is 5.38. The van der Waals surface area contributed by atoms with E-state index in [4.69, 9.17) is 4.74 Å². The summed E-state index contributed by atoms with van der Waals surface area (Å²) in [7, 11) is 0. The van der Waals surface area contributed by atoms with Crippen LogP contribution in [0.15, 0.2) is 17.7 Å². The summed E-state index contributed by atoms with van der Waals surface area (Å²) in [5.74, 6) is 2.21. The van der Waals surface area contributed by atoms with Crippen LogP contribution in [-0.2, 0) is 0 Å². The van der Waals surface area contributed by atoms with Gasteiger partial charge in [-0.25, -0.2) is 4.98 Å². The smallest absolute Gasteiger partial charge is 0.218 e. The molecule has 2 rings (SSSR count). The third-order valence-electron chi connectivity index (χ3n) is 3.02. The zero-order chi connectivity index (χ0) is 13.5. The van der Waals surface area contributed by atoms with Crippen LogP contribution < -0.4 is 15.4 Å². The van der Waals surface area contributed by atoms with Gasteiger partial charge in [-0.1, -0.05) is 11.6 Å². The van der Waals surface area contributed by atoms with Crippen LogP contribution in [0.25, 0.3) is 0 Å². The van der Waals surface area contributed by atoms with Gasteiger partial charge in [0.2, 0.25) is 5.88 Å². The van der Waals surface area contributed by atoms with Crippen molar-refractivity contribution in [1.82, 2.24) is 15.3 Å². The number of hydrogen-bond acceptors (Lipinski definition) is 5. The molecule has 19 heavy (non-hydrogen) atoms. The summed E-state index contributed by atoms with van der Waals surface area (Å²) in [6, 6.07) is 1.85. The van der Waals surface area contributed by atoms with Crippen LogP contribution in [0.4, 0.5) is 5.82 Å². The minimum Gasteiger partial charge on any atom is -0.478 e. The number of rotatable bonds is 6. The summed E-state index contributed by atoms with van der Waals surface area (Å²) in [5, 5.41) is 6.66. The molecule has 1 aromatic rings. The fraction of sp³-hybridized carbons (Fsp3) is 0.571. The van der Waals surface area contributed by atoms with Gasteiger partial charge in [-0.3, -0.25) is 0 Å². The second-order valence-electron chi connectivity index (χ2n) is 4.56. The molecule has 0 unspecified atom stereocenters. The van der Waals surface area contributed by atoms with Gasteiger partial charge >= 0.3 is 0 Å². The first-order valence-electron chi connectivity index (χ1n) is 6.89. The average molecular weight is 262 g/mol. The quantitative estimate of drug-likeness (QED) is 0.767. The highest BCUT2D eigenvalue weighted by atomic mass is 16.5. The SMILES string of the molecule is CCOc1cc(NCCC2=CCNCC2)nc(C)n1. The number of hydrogen-bond donors (Lipinski definition) is 2. The molecule has 0 saturated heterocycles. The van der Waals surface area contributed by atoms with E-state index in [0.717, 1.165) is 44.1 Å². The van der Waals surface area contributed by atoms with E-state index in [1.807, 2.05) is 19.9 Å². The molecular weight excluding hydrogens is 240 g/mol. The first kappa shape index (κ1) is 13.8. The second kappa shape index (κ2) is 7.09. The van der Waals surface area contributed by atoms with E-state index in [1.54, 1.807) is 0 Å². The minimum absolute atomic E-state index is 0.621. The molecule has 0 amide bonds. The molecule has 5 heteroatoms. The van der Waals surface area contributed by atoms with Crippen LogP contribution in [0.2, 0.25) is 0 Å². The van der Waals surface area contributed by atoms with E-state index >= 15 is 0 Å². The highest BCUT2D eigenvalue weighted by Crippen LogP contribution is 2.14. The Morgan fingerprint density at radius 3 is 3.05 bits per heavy atom. The molecule has 1 aromatic heterocycles. The molecule has 0 fully saturated rings. The van der Waals surface area contributed by atoms with E-state index in [1.165, 1.54) is 5.57 Å². The second-order valence-corrected chi connectivity index (χ2v) is 4.56. The largest absolute Gasteiger partial charge is 0.478 e. The van der Waals surface area contributed by atoms with Crippen LogP contribution in [0, 0.1) is 6.92 Å². The maximum absolute atomic E-state index is 5.41. The average Bonchev–Trinajstić information content (AvgIpc) is 2.40. The van der Waals surface area contributed by atoms with Gasteiger partial charge in [-0.05, 0) is 33.2 Å². The van der Waals surface area contributed by atoms with Crippen LogP contribution in [0.1, 0.15) is 25.6 Å².